The van der Waals surface area contributed by atoms with Crippen molar-refractivity contribution in [3.63, 3.8) is 0 Å². The smallest absolute Gasteiger partial charge is 0.279 e. The lowest BCUT2D eigenvalue weighted by Crippen LogP contribution is -2.13. The third kappa shape index (κ3) is 2.70. The lowest BCUT2D eigenvalue weighted by atomic mass is 10.4. The number of halogens is 1. The van der Waals surface area contributed by atoms with Gasteiger partial charge in [0.15, 0.2) is 5.03 Å². The number of nitrogens with one attached hydrogen (secondary N) is 2. The summed E-state index contributed by atoms with van der Waals surface area (Å²) in [5, 5.41) is 0.0445. The second kappa shape index (κ2) is 5.07. The van der Waals surface area contributed by atoms with E-state index in [4.69, 9.17) is 0 Å². The number of anilines is 1. The molecular weight excluding hydrogens is 320 g/mol. The minimum absolute atomic E-state index is 0.0445. The van der Waals surface area contributed by atoms with Crippen LogP contribution in [0.25, 0.3) is 0 Å². The van der Waals surface area contributed by atoms with Crippen LogP contribution in [0.4, 0.5) is 5.69 Å². The van der Waals surface area contributed by atoms with E-state index in [0.29, 0.717) is 22.4 Å². The Bertz CT molecular complexity index is 653. The maximum Gasteiger partial charge on any atom is 0.279 e. The molecule has 0 atom stereocenters. The first kappa shape index (κ1) is 13.0. The van der Waals surface area contributed by atoms with E-state index in [1.165, 1.54) is 18.6 Å². The van der Waals surface area contributed by atoms with Gasteiger partial charge in [-0.2, -0.15) is 8.42 Å². The zero-order valence-electron chi connectivity index (χ0n) is 9.51. The molecule has 0 unspecified atom stereocenters. The molecule has 6 nitrogen and oxygen atoms in total. The molecule has 0 amide bonds. The minimum Gasteiger partial charge on any atom is -0.332 e. The first-order valence-electron chi connectivity index (χ1n) is 5.19. The zero-order chi connectivity index (χ0) is 13.2. The number of rotatable bonds is 4. The van der Waals surface area contributed by atoms with E-state index in [2.05, 4.69) is 35.6 Å². The highest BCUT2D eigenvalue weighted by atomic mass is 79.9. The summed E-state index contributed by atoms with van der Waals surface area (Å²) in [7, 11) is -3.65. The lowest BCUT2D eigenvalue weighted by molar-refractivity contribution is 0.598. The van der Waals surface area contributed by atoms with Gasteiger partial charge in [-0.3, -0.25) is 9.71 Å². The number of aromatic nitrogens is 3. The SMILES string of the molecule is CCc1ncc(S(=O)(=O)Nc2ccncc2Br)[nH]1. The predicted molar refractivity (Wildman–Crippen MR) is 70.7 cm³/mol. The summed E-state index contributed by atoms with van der Waals surface area (Å²) in [6.45, 7) is 1.89. The second-order valence-electron chi connectivity index (χ2n) is 3.51. The molecule has 0 spiro atoms. The topological polar surface area (TPSA) is 87.7 Å². The summed E-state index contributed by atoms with van der Waals surface area (Å²) in [6, 6.07) is 1.57. The van der Waals surface area contributed by atoms with Crippen LogP contribution in [0.5, 0.6) is 0 Å². The van der Waals surface area contributed by atoms with Crippen LogP contribution in [0.2, 0.25) is 0 Å². The van der Waals surface area contributed by atoms with E-state index in [9.17, 15) is 8.42 Å². The van der Waals surface area contributed by atoms with Gasteiger partial charge in [0.25, 0.3) is 10.0 Å². The Balaban J connectivity index is 2.30. The highest BCUT2D eigenvalue weighted by Crippen LogP contribution is 2.22. The standard InChI is InChI=1S/C10H11BrN4O2S/c1-2-9-13-6-10(14-9)18(16,17)15-8-3-4-12-5-7(8)11/h3-6H,2H2,1H3,(H,12,15)(H,13,14). The quantitative estimate of drug-likeness (QED) is 0.896. The fraction of sp³-hybridized carbons (Fsp3) is 0.200. The highest BCUT2D eigenvalue weighted by Gasteiger charge is 2.18. The monoisotopic (exact) mass is 330 g/mol. The predicted octanol–water partition coefficient (Wildman–Crippen LogP) is 1.93. The van der Waals surface area contributed by atoms with E-state index in [1.54, 1.807) is 6.07 Å². The van der Waals surface area contributed by atoms with Crippen molar-refractivity contribution in [1.29, 1.82) is 0 Å². The molecule has 0 saturated carbocycles. The van der Waals surface area contributed by atoms with Gasteiger partial charge in [-0.25, -0.2) is 4.98 Å². The van der Waals surface area contributed by atoms with Crippen LogP contribution in [-0.4, -0.2) is 23.4 Å². The Morgan fingerprint density at radius 2 is 2.22 bits per heavy atom. The summed E-state index contributed by atoms with van der Waals surface area (Å²) in [4.78, 5) is 10.6. The minimum atomic E-state index is -3.65. The van der Waals surface area contributed by atoms with Gasteiger partial charge in [0, 0.05) is 18.8 Å². The summed E-state index contributed by atoms with van der Waals surface area (Å²) >= 11 is 3.23. The summed E-state index contributed by atoms with van der Waals surface area (Å²) in [5.41, 5.74) is 0.428. The van der Waals surface area contributed by atoms with Gasteiger partial charge >= 0.3 is 0 Å². The average Bonchev–Trinajstić information content (AvgIpc) is 2.81. The summed E-state index contributed by atoms with van der Waals surface area (Å²) in [5.74, 6) is 0.629. The van der Waals surface area contributed by atoms with Gasteiger partial charge in [0.2, 0.25) is 0 Å². The number of sulfonamides is 1. The molecule has 0 aliphatic heterocycles. The van der Waals surface area contributed by atoms with Crippen molar-refractivity contribution in [2.45, 2.75) is 18.4 Å². The van der Waals surface area contributed by atoms with Gasteiger partial charge in [-0.1, -0.05) is 6.92 Å². The molecule has 2 heterocycles. The number of aromatic amines is 1. The first-order chi connectivity index (χ1) is 8.53. The highest BCUT2D eigenvalue weighted by molar-refractivity contribution is 9.10. The number of imidazole rings is 1. The van der Waals surface area contributed by atoms with Gasteiger partial charge < -0.3 is 4.98 Å². The summed E-state index contributed by atoms with van der Waals surface area (Å²) in [6.07, 6.45) is 4.97. The Hall–Kier alpha value is -1.41. The van der Waals surface area contributed by atoms with Crippen molar-refractivity contribution in [3.8, 4) is 0 Å². The van der Waals surface area contributed by atoms with Crippen molar-refractivity contribution in [2.75, 3.05) is 4.72 Å². The van der Waals surface area contributed by atoms with E-state index in [1.807, 2.05) is 6.92 Å². The van der Waals surface area contributed by atoms with Crippen LogP contribution in [0.1, 0.15) is 12.7 Å². The second-order valence-corrected chi connectivity index (χ2v) is 6.01. The third-order valence-electron chi connectivity index (χ3n) is 2.25. The molecule has 0 radical (unpaired) electrons. The van der Waals surface area contributed by atoms with Crippen molar-refractivity contribution in [3.05, 3.63) is 35.0 Å². The average molecular weight is 331 g/mol. The van der Waals surface area contributed by atoms with Crippen LogP contribution in [0.3, 0.4) is 0 Å². The maximum absolute atomic E-state index is 12.1. The van der Waals surface area contributed by atoms with Crippen LogP contribution < -0.4 is 4.72 Å². The molecule has 0 aromatic carbocycles. The van der Waals surface area contributed by atoms with Crippen molar-refractivity contribution in [1.82, 2.24) is 15.0 Å². The molecule has 2 aromatic rings. The number of hydrogen-bond acceptors (Lipinski definition) is 4. The Labute approximate surface area is 113 Å². The third-order valence-corrected chi connectivity index (χ3v) is 4.15. The van der Waals surface area contributed by atoms with Crippen LogP contribution in [-0.2, 0) is 16.4 Å². The maximum atomic E-state index is 12.1. The molecule has 0 aliphatic carbocycles. The Morgan fingerprint density at radius 1 is 1.44 bits per heavy atom. The molecule has 2 N–H and O–H groups in total. The number of nitrogens with zero attached hydrogens (tertiary/aromatic N) is 2. The number of aryl methyl sites for hydroxylation is 1. The Morgan fingerprint density at radius 3 is 2.83 bits per heavy atom. The molecule has 0 fully saturated rings. The molecule has 0 saturated heterocycles. The fourth-order valence-electron chi connectivity index (χ4n) is 1.32. The van der Waals surface area contributed by atoms with Crippen molar-refractivity contribution >= 4 is 31.6 Å². The Kier molecular flexibility index (Phi) is 3.67. The lowest BCUT2D eigenvalue weighted by Gasteiger charge is -2.07. The van der Waals surface area contributed by atoms with Gasteiger partial charge in [-0.05, 0) is 22.0 Å². The van der Waals surface area contributed by atoms with Crippen LogP contribution in [0.15, 0.2) is 34.2 Å². The van der Waals surface area contributed by atoms with E-state index in [0.717, 1.165) is 0 Å². The molecule has 96 valence electrons. The molecule has 2 rings (SSSR count). The van der Waals surface area contributed by atoms with Crippen LogP contribution in [0, 0.1) is 0 Å². The molecule has 8 heteroatoms. The van der Waals surface area contributed by atoms with E-state index < -0.39 is 10.0 Å². The van der Waals surface area contributed by atoms with Crippen molar-refractivity contribution < 1.29 is 8.42 Å². The fourth-order valence-corrected chi connectivity index (χ4v) is 2.82. The van der Waals surface area contributed by atoms with E-state index in [-0.39, 0.29) is 5.03 Å². The van der Waals surface area contributed by atoms with Gasteiger partial charge in [0.05, 0.1) is 16.4 Å². The molecule has 18 heavy (non-hydrogen) atoms. The number of hydrogen-bond donors (Lipinski definition) is 2. The van der Waals surface area contributed by atoms with E-state index >= 15 is 0 Å². The number of H-pyrrole nitrogens is 1. The molecular formula is C10H11BrN4O2S. The molecule has 2 aromatic heterocycles. The number of pyridine rings is 1. The summed E-state index contributed by atoms with van der Waals surface area (Å²) < 4.78 is 27.1. The molecule has 0 bridgehead atoms. The zero-order valence-corrected chi connectivity index (χ0v) is 11.9. The van der Waals surface area contributed by atoms with Gasteiger partial charge in [0.1, 0.15) is 5.82 Å². The first-order valence-corrected chi connectivity index (χ1v) is 7.46. The normalized spacial score (nSPS) is 11.4. The molecule has 0 aliphatic rings. The van der Waals surface area contributed by atoms with Crippen LogP contribution >= 0.6 is 15.9 Å². The largest absolute Gasteiger partial charge is 0.332 e. The van der Waals surface area contributed by atoms with Crippen molar-refractivity contribution in [2.24, 2.45) is 0 Å². The van der Waals surface area contributed by atoms with Gasteiger partial charge in [-0.15, -0.1) is 0 Å².